The van der Waals surface area contributed by atoms with Crippen molar-refractivity contribution in [2.24, 2.45) is 0 Å². The topological polar surface area (TPSA) is 46.1 Å². The van der Waals surface area contributed by atoms with Gasteiger partial charge in [0.25, 0.3) is 0 Å². The van der Waals surface area contributed by atoms with Gasteiger partial charge in [-0.2, -0.15) is 0 Å². The van der Waals surface area contributed by atoms with E-state index in [9.17, 15) is 4.79 Å². The number of aryl methyl sites for hydroxylation is 1. The molecule has 1 amide bonds. The summed E-state index contributed by atoms with van der Waals surface area (Å²) in [5, 5.41) is 0. The highest BCUT2D eigenvalue weighted by atomic mass is 16.2. The quantitative estimate of drug-likeness (QED) is 0.818. The average Bonchev–Trinajstić information content (AvgIpc) is 2.61. The Morgan fingerprint density at radius 3 is 2.87 bits per heavy atom. The third kappa shape index (κ3) is 4.03. The molecule has 23 heavy (non-hydrogen) atoms. The molecule has 3 rings (SSSR count). The first kappa shape index (κ1) is 15.4. The van der Waals surface area contributed by atoms with Crippen molar-refractivity contribution in [3.05, 3.63) is 65.8 Å². The van der Waals surface area contributed by atoms with Gasteiger partial charge in [-0.15, -0.1) is 0 Å². The fourth-order valence-corrected chi connectivity index (χ4v) is 2.96. The number of amides is 1. The van der Waals surface area contributed by atoms with Crippen LogP contribution in [-0.2, 0) is 4.79 Å². The second-order valence-electron chi connectivity index (χ2n) is 5.90. The molecule has 4 heteroatoms. The Morgan fingerprint density at radius 1 is 1.26 bits per heavy atom. The van der Waals surface area contributed by atoms with Crippen molar-refractivity contribution >= 4 is 12.0 Å². The number of piperidine rings is 1. The van der Waals surface area contributed by atoms with Crippen LogP contribution in [0, 0.1) is 6.92 Å². The van der Waals surface area contributed by atoms with Gasteiger partial charge in [0.05, 0.1) is 0 Å². The highest BCUT2D eigenvalue weighted by molar-refractivity contribution is 5.91. The molecule has 4 nitrogen and oxygen atoms in total. The van der Waals surface area contributed by atoms with Crippen LogP contribution < -0.4 is 0 Å². The summed E-state index contributed by atoms with van der Waals surface area (Å²) in [7, 11) is 0. The molecule has 0 N–H and O–H groups in total. The second-order valence-corrected chi connectivity index (χ2v) is 5.90. The number of hydrogen-bond acceptors (Lipinski definition) is 3. The van der Waals surface area contributed by atoms with E-state index in [4.69, 9.17) is 0 Å². The molecule has 0 radical (unpaired) electrons. The van der Waals surface area contributed by atoms with Crippen LogP contribution in [0.4, 0.5) is 0 Å². The number of aromatic nitrogens is 2. The van der Waals surface area contributed by atoms with Gasteiger partial charge in [-0.25, -0.2) is 9.97 Å². The maximum Gasteiger partial charge on any atom is 0.246 e. The average molecular weight is 307 g/mol. The Balaban J connectivity index is 1.66. The summed E-state index contributed by atoms with van der Waals surface area (Å²) in [5.74, 6) is 1.17. The van der Waals surface area contributed by atoms with Crippen LogP contribution in [0.5, 0.6) is 0 Å². The van der Waals surface area contributed by atoms with Gasteiger partial charge in [0.1, 0.15) is 5.82 Å². The van der Waals surface area contributed by atoms with E-state index in [2.05, 4.69) is 9.97 Å². The number of rotatable bonds is 3. The summed E-state index contributed by atoms with van der Waals surface area (Å²) in [6.07, 6.45) is 7.43. The number of likely N-dealkylation sites (tertiary alicyclic amines) is 1. The maximum absolute atomic E-state index is 12.4. The van der Waals surface area contributed by atoms with E-state index >= 15 is 0 Å². The van der Waals surface area contributed by atoms with E-state index < -0.39 is 0 Å². The fraction of sp³-hybridized carbons (Fsp3) is 0.316. The Morgan fingerprint density at radius 2 is 2.09 bits per heavy atom. The Labute approximate surface area is 136 Å². The zero-order valence-electron chi connectivity index (χ0n) is 13.4. The molecule has 0 saturated carbocycles. The van der Waals surface area contributed by atoms with E-state index in [0.29, 0.717) is 5.92 Å². The molecular weight excluding hydrogens is 286 g/mol. The van der Waals surface area contributed by atoms with Crippen molar-refractivity contribution in [2.75, 3.05) is 13.1 Å². The molecule has 0 unspecified atom stereocenters. The number of hydrogen-bond donors (Lipinski definition) is 0. The predicted octanol–water partition coefficient (Wildman–Crippen LogP) is 3.20. The molecule has 0 spiro atoms. The molecule has 1 atom stereocenters. The zero-order valence-corrected chi connectivity index (χ0v) is 13.4. The number of benzene rings is 1. The summed E-state index contributed by atoms with van der Waals surface area (Å²) in [6.45, 7) is 3.45. The van der Waals surface area contributed by atoms with E-state index in [1.807, 2.05) is 54.3 Å². The summed E-state index contributed by atoms with van der Waals surface area (Å²) in [5.41, 5.74) is 2.09. The van der Waals surface area contributed by atoms with Crippen molar-refractivity contribution in [1.29, 1.82) is 0 Å². The molecule has 1 aromatic heterocycles. The summed E-state index contributed by atoms with van der Waals surface area (Å²) < 4.78 is 0. The van der Waals surface area contributed by atoms with Crippen LogP contribution in [0.2, 0.25) is 0 Å². The Kier molecular flexibility index (Phi) is 4.81. The van der Waals surface area contributed by atoms with Gasteiger partial charge in [-0.05, 0) is 37.5 Å². The van der Waals surface area contributed by atoms with E-state index in [1.165, 1.54) is 0 Å². The lowest BCUT2D eigenvalue weighted by molar-refractivity contribution is -0.127. The highest BCUT2D eigenvalue weighted by Crippen LogP contribution is 2.25. The molecule has 2 heterocycles. The fourth-order valence-electron chi connectivity index (χ4n) is 2.96. The van der Waals surface area contributed by atoms with Crippen LogP contribution in [0.3, 0.4) is 0 Å². The van der Waals surface area contributed by atoms with Gasteiger partial charge >= 0.3 is 0 Å². The monoisotopic (exact) mass is 307 g/mol. The summed E-state index contributed by atoms with van der Waals surface area (Å²) in [6, 6.07) is 11.9. The number of nitrogens with zero attached hydrogens (tertiary/aromatic N) is 3. The molecule has 118 valence electrons. The molecule has 1 aliphatic rings. The lowest BCUT2D eigenvalue weighted by Gasteiger charge is -2.31. The Hall–Kier alpha value is -2.49. The maximum atomic E-state index is 12.4. The van der Waals surface area contributed by atoms with Crippen molar-refractivity contribution in [1.82, 2.24) is 14.9 Å². The van der Waals surface area contributed by atoms with Crippen molar-refractivity contribution < 1.29 is 4.79 Å². The molecule has 2 aromatic rings. The largest absolute Gasteiger partial charge is 0.338 e. The predicted molar refractivity (Wildman–Crippen MR) is 90.8 cm³/mol. The first-order chi connectivity index (χ1) is 11.2. The zero-order chi connectivity index (χ0) is 16.1. The van der Waals surface area contributed by atoms with Crippen LogP contribution in [0.15, 0.2) is 48.7 Å². The molecule has 0 bridgehead atoms. The smallest absolute Gasteiger partial charge is 0.246 e. The van der Waals surface area contributed by atoms with Gasteiger partial charge < -0.3 is 4.90 Å². The highest BCUT2D eigenvalue weighted by Gasteiger charge is 2.24. The summed E-state index contributed by atoms with van der Waals surface area (Å²) in [4.78, 5) is 23.0. The normalized spacial score (nSPS) is 18.3. The van der Waals surface area contributed by atoms with Gasteiger partial charge in [-0.1, -0.05) is 30.3 Å². The lowest BCUT2D eigenvalue weighted by Crippen LogP contribution is -2.38. The van der Waals surface area contributed by atoms with Gasteiger partial charge in [-0.3, -0.25) is 4.79 Å². The third-order valence-electron chi connectivity index (χ3n) is 4.17. The minimum absolute atomic E-state index is 0.0735. The molecule has 1 aromatic carbocycles. The van der Waals surface area contributed by atoms with E-state index in [-0.39, 0.29) is 5.91 Å². The molecule has 1 aliphatic heterocycles. The number of carbonyl (C=O) groups excluding carboxylic acids is 1. The number of carbonyl (C=O) groups is 1. The van der Waals surface area contributed by atoms with Crippen molar-refractivity contribution in [2.45, 2.75) is 25.7 Å². The molecular formula is C19H21N3O. The summed E-state index contributed by atoms with van der Waals surface area (Å²) >= 11 is 0. The molecule has 1 saturated heterocycles. The second kappa shape index (κ2) is 7.18. The van der Waals surface area contributed by atoms with Crippen molar-refractivity contribution in [3.63, 3.8) is 0 Å². The van der Waals surface area contributed by atoms with E-state index in [1.54, 1.807) is 12.3 Å². The van der Waals surface area contributed by atoms with Gasteiger partial charge in [0.15, 0.2) is 0 Å². The first-order valence-corrected chi connectivity index (χ1v) is 8.04. The molecule has 0 aliphatic carbocycles. The van der Waals surface area contributed by atoms with Gasteiger partial charge in [0.2, 0.25) is 5.91 Å². The SMILES string of the molecule is Cc1nccc([C@@H]2CCCN(C(=O)/C=C/c3ccccc3)C2)n1. The van der Waals surface area contributed by atoms with Crippen LogP contribution in [0.1, 0.15) is 35.8 Å². The first-order valence-electron chi connectivity index (χ1n) is 8.04. The third-order valence-corrected chi connectivity index (χ3v) is 4.17. The van der Waals surface area contributed by atoms with Crippen LogP contribution >= 0.6 is 0 Å². The van der Waals surface area contributed by atoms with Gasteiger partial charge in [0, 0.05) is 37.0 Å². The Bertz CT molecular complexity index is 697. The lowest BCUT2D eigenvalue weighted by atomic mass is 9.94. The molecule has 1 fully saturated rings. The minimum atomic E-state index is 0.0735. The van der Waals surface area contributed by atoms with Crippen molar-refractivity contribution in [3.8, 4) is 0 Å². The minimum Gasteiger partial charge on any atom is -0.338 e. The van der Waals surface area contributed by atoms with Crippen LogP contribution in [-0.4, -0.2) is 33.9 Å². The standard InChI is InChI=1S/C19H21N3O/c1-15-20-12-11-18(21-15)17-8-5-13-22(14-17)19(23)10-9-16-6-3-2-4-7-16/h2-4,6-7,9-12,17H,5,8,13-14H2,1H3/b10-9+/t17-/m1/s1. The van der Waals surface area contributed by atoms with Crippen LogP contribution in [0.25, 0.3) is 6.08 Å². The van der Waals surface area contributed by atoms with E-state index in [0.717, 1.165) is 43.0 Å².